The van der Waals surface area contributed by atoms with Crippen molar-refractivity contribution in [2.24, 2.45) is 0 Å². The second-order valence-corrected chi connectivity index (χ2v) is 8.14. The van der Waals surface area contributed by atoms with E-state index in [2.05, 4.69) is 15.9 Å². The van der Waals surface area contributed by atoms with Crippen molar-refractivity contribution in [2.45, 2.75) is 6.54 Å². The lowest BCUT2D eigenvalue weighted by molar-refractivity contribution is 0.0985. The first kappa shape index (κ1) is 18.7. The Morgan fingerprint density at radius 2 is 1.89 bits per heavy atom. The van der Waals surface area contributed by atoms with Crippen molar-refractivity contribution in [3.63, 3.8) is 0 Å². The zero-order chi connectivity index (χ0) is 19.5. The maximum atomic E-state index is 13.3. The molecule has 0 atom stereocenters. The van der Waals surface area contributed by atoms with E-state index in [4.69, 9.17) is 9.72 Å². The summed E-state index contributed by atoms with van der Waals surface area (Å²) in [6.45, 7) is 0.448. The van der Waals surface area contributed by atoms with Gasteiger partial charge in [-0.25, -0.2) is 4.98 Å². The van der Waals surface area contributed by atoms with Crippen molar-refractivity contribution < 1.29 is 9.53 Å². The quantitative estimate of drug-likeness (QED) is 0.377. The molecule has 0 bridgehead atoms. The summed E-state index contributed by atoms with van der Waals surface area (Å²) < 4.78 is 7.17. The number of benzene rings is 3. The van der Waals surface area contributed by atoms with Gasteiger partial charge in [-0.1, -0.05) is 63.7 Å². The van der Waals surface area contributed by atoms with E-state index in [1.54, 1.807) is 12.0 Å². The van der Waals surface area contributed by atoms with Crippen LogP contribution in [0.3, 0.4) is 0 Å². The van der Waals surface area contributed by atoms with Gasteiger partial charge < -0.3 is 4.74 Å². The van der Waals surface area contributed by atoms with Crippen LogP contribution in [-0.2, 0) is 6.54 Å². The highest BCUT2D eigenvalue weighted by atomic mass is 79.9. The fourth-order valence-electron chi connectivity index (χ4n) is 2.91. The second-order valence-electron chi connectivity index (χ2n) is 6.22. The Labute approximate surface area is 175 Å². The summed E-state index contributed by atoms with van der Waals surface area (Å²) >= 11 is 4.95. The van der Waals surface area contributed by atoms with Gasteiger partial charge in [-0.2, -0.15) is 0 Å². The van der Waals surface area contributed by atoms with Crippen LogP contribution < -0.4 is 9.64 Å². The largest absolute Gasteiger partial charge is 0.497 e. The molecule has 0 saturated carbocycles. The molecule has 0 aliphatic heterocycles. The molecule has 1 heterocycles. The molecule has 0 radical (unpaired) electrons. The van der Waals surface area contributed by atoms with Crippen molar-refractivity contribution in [3.8, 4) is 5.75 Å². The summed E-state index contributed by atoms with van der Waals surface area (Å²) in [6, 6.07) is 23.1. The van der Waals surface area contributed by atoms with Crippen LogP contribution in [0.25, 0.3) is 10.2 Å². The number of rotatable bonds is 5. The maximum absolute atomic E-state index is 13.3. The Bertz CT molecular complexity index is 1130. The Hall–Kier alpha value is -2.70. The lowest BCUT2D eigenvalue weighted by Crippen LogP contribution is -2.30. The first-order valence-corrected chi connectivity index (χ1v) is 10.3. The maximum Gasteiger partial charge on any atom is 0.260 e. The number of anilines is 1. The van der Waals surface area contributed by atoms with E-state index >= 15 is 0 Å². The van der Waals surface area contributed by atoms with E-state index in [1.165, 1.54) is 11.3 Å². The fourth-order valence-corrected chi connectivity index (χ4v) is 4.25. The first-order chi connectivity index (χ1) is 13.6. The Kier molecular flexibility index (Phi) is 5.41. The zero-order valence-electron chi connectivity index (χ0n) is 15.1. The number of carbonyl (C=O) groups excluding carboxylic acids is 1. The van der Waals surface area contributed by atoms with Crippen LogP contribution in [0.15, 0.2) is 77.3 Å². The third-order valence-electron chi connectivity index (χ3n) is 4.31. The average molecular weight is 453 g/mol. The number of amides is 1. The standard InChI is InChI=1S/C22H17BrN2O2S/c1-27-18-10-11-20-19(13-18)24-22(28-20)25(14-15-6-3-2-4-7-15)21(26)16-8-5-9-17(23)12-16/h2-13H,14H2,1H3. The normalized spacial score (nSPS) is 10.8. The van der Waals surface area contributed by atoms with Gasteiger partial charge in [-0.3, -0.25) is 9.69 Å². The Morgan fingerprint density at radius 1 is 1.07 bits per heavy atom. The van der Waals surface area contributed by atoms with Crippen LogP contribution in [0.1, 0.15) is 15.9 Å². The molecule has 0 N–H and O–H groups in total. The summed E-state index contributed by atoms with van der Waals surface area (Å²) in [7, 11) is 1.63. The Morgan fingerprint density at radius 3 is 2.64 bits per heavy atom. The number of halogens is 1. The molecule has 4 nitrogen and oxygen atoms in total. The third-order valence-corrected chi connectivity index (χ3v) is 5.87. The van der Waals surface area contributed by atoms with Crippen molar-refractivity contribution >= 4 is 48.5 Å². The van der Waals surface area contributed by atoms with Crippen LogP contribution in [0, 0.1) is 0 Å². The van der Waals surface area contributed by atoms with Gasteiger partial charge in [-0.15, -0.1) is 0 Å². The van der Waals surface area contributed by atoms with E-state index in [0.29, 0.717) is 17.2 Å². The lowest BCUT2D eigenvalue weighted by Gasteiger charge is -2.20. The summed E-state index contributed by atoms with van der Waals surface area (Å²) in [5, 5.41) is 0.664. The van der Waals surface area contributed by atoms with Crippen LogP contribution >= 0.6 is 27.3 Å². The second kappa shape index (κ2) is 8.12. The highest BCUT2D eigenvalue weighted by Crippen LogP contribution is 2.33. The van der Waals surface area contributed by atoms with Crippen LogP contribution in [0.2, 0.25) is 0 Å². The van der Waals surface area contributed by atoms with Crippen LogP contribution in [0.4, 0.5) is 5.13 Å². The highest BCUT2D eigenvalue weighted by molar-refractivity contribution is 9.10. The molecule has 1 aromatic heterocycles. The predicted octanol–water partition coefficient (Wildman–Crippen LogP) is 5.91. The average Bonchev–Trinajstić information content (AvgIpc) is 3.15. The molecule has 0 fully saturated rings. The molecule has 0 aliphatic carbocycles. The molecule has 0 spiro atoms. The lowest BCUT2D eigenvalue weighted by atomic mass is 10.1. The van der Waals surface area contributed by atoms with E-state index in [1.807, 2.05) is 72.8 Å². The van der Waals surface area contributed by atoms with Crippen molar-refractivity contribution in [1.82, 2.24) is 4.98 Å². The van der Waals surface area contributed by atoms with E-state index < -0.39 is 0 Å². The van der Waals surface area contributed by atoms with E-state index in [9.17, 15) is 4.79 Å². The highest BCUT2D eigenvalue weighted by Gasteiger charge is 2.22. The number of ether oxygens (including phenoxy) is 1. The number of fused-ring (bicyclic) bond motifs is 1. The first-order valence-electron chi connectivity index (χ1n) is 8.70. The third kappa shape index (κ3) is 3.93. The van der Waals surface area contributed by atoms with Crippen LogP contribution in [0.5, 0.6) is 5.75 Å². The van der Waals surface area contributed by atoms with E-state index in [-0.39, 0.29) is 5.91 Å². The molecule has 4 aromatic rings. The fraction of sp³-hybridized carbons (Fsp3) is 0.0909. The molecule has 28 heavy (non-hydrogen) atoms. The predicted molar refractivity (Wildman–Crippen MR) is 117 cm³/mol. The van der Waals surface area contributed by atoms with Gasteiger partial charge in [0.1, 0.15) is 5.75 Å². The minimum atomic E-state index is -0.0869. The molecule has 1 amide bonds. The minimum absolute atomic E-state index is 0.0869. The number of hydrogen-bond acceptors (Lipinski definition) is 4. The van der Waals surface area contributed by atoms with Crippen molar-refractivity contribution in [1.29, 1.82) is 0 Å². The van der Waals surface area contributed by atoms with Crippen LogP contribution in [-0.4, -0.2) is 18.0 Å². The van der Waals surface area contributed by atoms with Crippen molar-refractivity contribution in [2.75, 3.05) is 12.0 Å². The molecule has 0 unspecified atom stereocenters. The topological polar surface area (TPSA) is 42.4 Å². The SMILES string of the molecule is COc1ccc2sc(N(Cc3ccccc3)C(=O)c3cccc(Br)c3)nc2c1. The monoisotopic (exact) mass is 452 g/mol. The van der Waals surface area contributed by atoms with Crippen molar-refractivity contribution in [3.05, 3.63) is 88.4 Å². The molecule has 0 saturated heterocycles. The summed E-state index contributed by atoms with van der Waals surface area (Å²) in [5.41, 5.74) is 2.48. The molecule has 4 rings (SSSR count). The van der Waals surface area contributed by atoms with Gasteiger partial charge in [-0.05, 0) is 35.9 Å². The van der Waals surface area contributed by atoms with Gasteiger partial charge >= 0.3 is 0 Å². The molecule has 0 aliphatic rings. The van der Waals surface area contributed by atoms with Gasteiger partial charge in [0.25, 0.3) is 5.91 Å². The number of carbonyl (C=O) groups is 1. The summed E-state index contributed by atoms with van der Waals surface area (Å²) in [4.78, 5) is 19.8. The molecule has 140 valence electrons. The smallest absolute Gasteiger partial charge is 0.260 e. The Balaban J connectivity index is 1.77. The van der Waals surface area contributed by atoms with Gasteiger partial charge in [0.15, 0.2) is 5.13 Å². The summed E-state index contributed by atoms with van der Waals surface area (Å²) in [5.74, 6) is 0.661. The van der Waals surface area contributed by atoms with E-state index in [0.717, 1.165) is 26.0 Å². The number of thiazole rings is 1. The zero-order valence-corrected chi connectivity index (χ0v) is 17.5. The van der Waals surface area contributed by atoms with Gasteiger partial charge in [0.05, 0.1) is 23.9 Å². The van der Waals surface area contributed by atoms with Gasteiger partial charge in [0, 0.05) is 16.1 Å². The number of aromatic nitrogens is 1. The number of hydrogen-bond donors (Lipinski definition) is 0. The number of nitrogens with zero attached hydrogens (tertiary/aromatic N) is 2. The molecular formula is C22H17BrN2O2S. The minimum Gasteiger partial charge on any atom is -0.497 e. The molecular weight excluding hydrogens is 436 g/mol. The molecule has 6 heteroatoms. The number of methoxy groups -OCH3 is 1. The summed E-state index contributed by atoms with van der Waals surface area (Å²) in [6.07, 6.45) is 0. The molecule has 3 aromatic carbocycles. The van der Waals surface area contributed by atoms with Gasteiger partial charge in [0.2, 0.25) is 0 Å².